The molecule has 2 heterocycles. The Balaban J connectivity index is 1.58. The van der Waals surface area contributed by atoms with Crippen LogP contribution < -0.4 is 16.0 Å². The summed E-state index contributed by atoms with van der Waals surface area (Å²) in [4.78, 5) is 18.0. The van der Waals surface area contributed by atoms with Crippen LogP contribution in [-0.4, -0.2) is 74.1 Å². The molecule has 0 amide bonds. The van der Waals surface area contributed by atoms with Gasteiger partial charge in [-0.2, -0.15) is 5.26 Å². The predicted molar refractivity (Wildman–Crippen MR) is 138 cm³/mol. The minimum Gasteiger partial charge on any atom is -0.383 e. The van der Waals surface area contributed by atoms with E-state index in [1.807, 2.05) is 6.92 Å². The molecule has 1 saturated heterocycles. The van der Waals surface area contributed by atoms with Gasteiger partial charge in [-0.25, -0.2) is 20.0 Å². The Morgan fingerprint density at radius 1 is 1.31 bits per heavy atom. The number of anilines is 1. The van der Waals surface area contributed by atoms with Crippen molar-refractivity contribution in [2.45, 2.75) is 57.5 Å². The molecule has 1 aromatic heterocycles. The van der Waals surface area contributed by atoms with Gasteiger partial charge < -0.3 is 25.4 Å². The molecule has 1 aromatic rings. The van der Waals surface area contributed by atoms with Crippen LogP contribution in [0, 0.1) is 16.7 Å². The molecule has 3 rings (SSSR count). The van der Waals surface area contributed by atoms with Crippen molar-refractivity contribution >= 4 is 18.0 Å². The molecule has 0 bridgehead atoms. The van der Waals surface area contributed by atoms with Crippen LogP contribution in [0.25, 0.3) is 0 Å². The molecule has 0 atom stereocenters. The standard InChI is InChI=1S/C25H38N8O2/c1-4-27-23(31-19(2)30-18-25(17-26)10-14-35-15-11-25)22-9-12-29-24(33-22)32-21-7-5-20(6-8-21)28-13-16-34-3/h4,9,12,20-21,28,30H,2,5-8,10-11,13-16,18H2,1,3H3,(H,29,32,33)/b27-4?,31-23-. The molecule has 0 aromatic carbocycles. The number of rotatable bonds is 11. The topological polar surface area (TPSA) is 129 Å². The van der Waals surface area contributed by atoms with E-state index >= 15 is 0 Å². The van der Waals surface area contributed by atoms with Crippen molar-refractivity contribution in [3.05, 3.63) is 30.4 Å². The van der Waals surface area contributed by atoms with E-state index in [0.717, 1.165) is 38.8 Å². The summed E-state index contributed by atoms with van der Waals surface area (Å²) in [6, 6.07) is 5.10. The van der Waals surface area contributed by atoms with Crippen LogP contribution in [0.3, 0.4) is 0 Å². The van der Waals surface area contributed by atoms with Gasteiger partial charge in [0.1, 0.15) is 11.5 Å². The van der Waals surface area contributed by atoms with Gasteiger partial charge in [0, 0.05) is 57.9 Å². The number of amidine groups is 1. The van der Waals surface area contributed by atoms with Crippen LogP contribution in [-0.2, 0) is 9.47 Å². The third-order valence-electron chi connectivity index (χ3n) is 6.49. The first kappa shape index (κ1) is 26.7. The predicted octanol–water partition coefficient (Wildman–Crippen LogP) is 2.65. The number of nitrogens with zero attached hydrogens (tertiary/aromatic N) is 5. The Morgan fingerprint density at radius 3 is 2.74 bits per heavy atom. The normalized spacial score (nSPS) is 22.5. The Morgan fingerprint density at radius 2 is 2.06 bits per heavy atom. The number of hydrogen-bond donors (Lipinski definition) is 3. The quantitative estimate of drug-likeness (QED) is 0.249. The van der Waals surface area contributed by atoms with Gasteiger partial charge in [-0.3, -0.25) is 0 Å². The molecule has 35 heavy (non-hydrogen) atoms. The van der Waals surface area contributed by atoms with Crippen LogP contribution in [0.2, 0.25) is 0 Å². The van der Waals surface area contributed by atoms with Gasteiger partial charge in [0.15, 0.2) is 5.84 Å². The fraction of sp³-hybridized carbons (Fsp3) is 0.640. The van der Waals surface area contributed by atoms with E-state index in [2.05, 4.69) is 48.6 Å². The molecule has 2 fully saturated rings. The average Bonchev–Trinajstić information content (AvgIpc) is 2.89. The third-order valence-corrected chi connectivity index (χ3v) is 6.49. The maximum absolute atomic E-state index is 9.66. The molecule has 0 spiro atoms. The molecule has 0 unspecified atom stereocenters. The van der Waals surface area contributed by atoms with Gasteiger partial charge in [-0.05, 0) is 51.5 Å². The average molecular weight is 483 g/mol. The Hall–Kier alpha value is -2.87. The van der Waals surface area contributed by atoms with Crippen LogP contribution >= 0.6 is 0 Å². The van der Waals surface area contributed by atoms with Crippen molar-refractivity contribution in [2.24, 2.45) is 15.4 Å². The molecular weight excluding hydrogens is 444 g/mol. The van der Waals surface area contributed by atoms with E-state index in [0.29, 0.717) is 68.0 Å². The highest BCUT2D eigenvalue weighted by molar-refractivity contribution is 6.01. The van der Waals surface area contributed by atoms with E-state index in [4.69, 9.17) is 9.47 Å². The van der Waals surface area contributed by atoms with E-state index < -0.39 is 5.41 Å². The minimum atomic E-state index is -0.463. The van der Waals surface area contributed by atoms with E-state index in [1.54, 1.807) is 25.6 Å². The smallest absolute Gasteiger partial charge is 0.223 e. The zero-order valence-electron chi connectivity index (χ0n) is 20.9. The Labute approximate surface area is 208 Å². The maximum Gasteiger partial charge on any atom is 0.223 e. The summed E-state index contributed by atoms with van der Waals surface area (Å²) in [5, 5.41) is 19.9. The second kappa shape index (κ2) is 13.9. The first-order chi connectivity index (χ1) is 17.1. The van der Waals surface area contributed by atoms with Crippen LogP contribution in [0.4, 0.5) is 5.95 Å². The first-order valence-electron chi connectivity index (χ1n) is 12.4. The van der Waals surface area contributed by atoms with E-state index in [-0.39, 0.29) is 0 Å². The number of methoxy groups -OCH3 is 1. The minimum absolute atomic E-state index is 0.332. The summed E-state index contributed by atoms with van der Waals surface area (Å²) in [7, 11) is 1.72. The number of aromatic nitrogens is 2. The molecule has 10 heteroatoms. The molecule has 0 radical (unpaired) electrons. The van der Waals surface area contributed by atoms with Crippen molar-refractivity contribution in [1.82, 2.24) is 20.6 Å². The van der Waals surface area contributed by atoms with Gasteiger partial charge in [0.05, 0.1) is 18.1 Å². The number of ether oxygens (including phenoxy) is 2. The largest absolute Gasteiger partial charge is 0.383 e. The van der Waals surface area contributed by atoms with Gasteiger partial charge in [-0.1, -0.05) is 6.58 Å². The molecule has 190 valence electrons. The summed E-state index contributed by atoms with van der Waals surface area (Å²) >= 11 is 0. The zero-order chi connectivity index (χ0) is 24.9. The van der Waals surface area contributed by atoms with Gasteiger partial charge >= 0.3 is 0 Å². The molecule has 3 N–H and O–H groups in total. The van der Waals surface area contributed by atoms with E-state index in [1.165, 1.54) is 0 Å². The summed E-state index contributed by atoms with van der Waals surface area (Å²) < 4.78 is 10.5. The second-order valence-electron chi connectivity index (χ2n) is 9.03. The number of nitriles is 1. The fourth-order valence-electron chi connectivity index (χ4n) is 4.35. The second-order valence-corrected chi connectivity index (χ2v) is 9.03. The van der Waals surface area contributed by atoms with Gasteiger partial charge in [0.25, 0.3) is 0 Å². The lowest BCUT2D eigenvalue weighted by Gasteiger charge is -2.30. The number of nitrogens with one attached hydrogen (secondary N) is 3. The summed E-state index contributed by atoms with van der Waals surface area (Å²) in [6.07, 6.45) is 9.10. The maximum atomic E-state index is 9.66. The van der Waals surface area contributed by atoms with Gasteiger partial charge in [-0.15, -0.1) is 0 Å². The highest BCUT2D eigenvalue weighted by Gasteiger charge is 2.32. The van der Waals surface area contributed by atoms with Crippen molar-refractivity contribution in [2.75, 3.05) is 45.3 Å². The Bertz CT molecular complexity index is 912. The zero-order valence-corrected chi connectivity index (χ0v) is 20.9. The Kier molecular flexibility index (Phi) is 10.6. The first-order valence-corrected chi connectivity index (χ1v) is 12.4. The molecule has 10 nitrogen and oxygen atoms in total. The lowest BCUT2D eigenvalue weighted by molar-refractivity contribution is 0.0415. The number of aliphatic imine (C=N–C) groups is 2. The molecular formula is C25H38N8O2. The van der Waals surface area contributed by atoms with Crippen LogP contribution in [0.1, 0.15) is 51.1 Å². The summed E-state index contributed by atoms with van der Waals surface area (Å²) in [5.74, 6) is 1.46. The third kappa shape index (κ3) is 8.38. The van der Waals surface area contributed by atoms with Crippen molar-refractivity contribution in [3.8, 4) is 6.07 Å². The SMILES string of the molecule is C=C(/N=C(\N=CC)c1ccnc(NC2CCC(NCCOC)CC2)n1)NCC1(C#N)CCOCC1. The molecule has 2 aliphatic rings. The summed E-state index contributed by atoms with van der Waals surface area (Å²) in [5.41, 5.74) is 0.148. The van der Waals surface area contributed by atoms with Crippen molar-refractivity contribution in [3.63, 3.8) is 0 Å². The molecule has 1 aliphatic heterocycles. The lowest BCUT2D eigenvalue weighted by Crippen LogP contribution is -2.38. The number of hydrogen-bond acceptors (Lipinski definition) is 9. The summed E-state index contributed by atoms with van der Waals surface area (Å²) in [6.45, 7) is 9.13. The van der Waals surface area contributed by atoms with Crippen molar-refractivity contribution < 1.29 is 9.47 Å². The molecule has 1 saturated carbocycles. The lowest BCUT2D eigenvalue weighted by atomic mass is 9.82. The van der Waals surface area contributed by atoms with Gasteiger partial charge in [0.2, 0.25) is 5.95 Å². The highest BCUT2D eigenvalue weighted by Crippen LogP contribution is 2.29. The molecule has 1 aliphatic carbocycles. The monoisotopic (exact) mass is 482 g/mol. The fourth-order valence-corrected chi connectivity index (χ4v) is 4.35. The van der Waals surface area contributed by atoms with Crippen LogP contribution in [0.5, 0.6) is 0 Å². The van der Waals surface area contributed by atoms with E-state index in [9.17, 15) is 5.26 Å². The van der Waals surface area contributed by atoms with Crippen molar-refractivity contribution in [1.29, 1.82) is 5.26 Å². The van der Waals surface area contributed by atoms with Crippen LogP contribution in [0.15, 0.2) is 34.6 Å². The highest BCUT2D eigenvalue weighted by atomic mass is 16.5.